The summed E-state index contributed by atoms with van der Waals surface area (Å²) < 4.78 is 5.83. The molecule has 3 atom stereocenters. The van der Waals surface area contributed by atoms with E-state index in [1.165, 1.54) is 154 Å². The van der Waals surface area contributed by atoms with Gasteiger partial charge in [0.1, 0.15) is 6.10 Å². The highest BCUT2D eigenvalue weighted by Crippen LogP contribution is 2.17. The topological polar surface area (TPSA) is 95.9 Å². The largest absolute Gasteiger partial charge is 0.458 e. The Labute approximate surface area is 390 Å². The number of rotatable bonds is 48. The molecule has 0 aromatic heterocycles. The van der Waals surface area contributed by atoms with Crippen LogP contribution in [0.15, 0.2) is 60.8 Å². The summed E-state index contributed by atoms with van der Waals surface area (Å²) in [6, 6.07) is -0.741. The molecule has 3 N–H and O–H groups in total. The summed E-state index contributed by atoms with van der Waals surface area (Å²) in [5, 5.41) is 23.7. The van der Waals surface area contributed by atoms with Gasteiger partial charge >= 0.3 is 5.97 Å². The van der Waals surface area contributed by atoms with Gasteiger partial charge in [-0.1, -0.05) is 262 Å². The van der Waals surface area contributed by atoms with Crippen LogP contribution < -0.4 is 5.32 Å². The van der Waals surface area contributed by atoms with Crippen LogP contribution in [-0.4, -0.2) is 46.9 Å². The number of aliphatic hydroxyl groups excluding tert-OH is 2. The second kappa shape index (κ2) is 50.6. The van der Waals surface area contributed by atoms with E-state index < -0.39 is 18.2 Å². The van der Waals surface area contributed by atoms with Crippen molar-refractivity contribution in [2.45, 2.75) is 283 Å². The molecule has 6 nitrogen and oxygen atoms in total. The molecule has 0 radical (unpaired) electrons. The van der Waals surface area contributed by atoms with E-state index in [0.29, 0.717) is 19.3 Å². The summed E-state index contributed by atoms with van der Waals surface area (Å²) in [4.78, 5) is 26.1. The van der Waals surface area contributed by atoms with E-state index in [9.17, 15) is 19.8 Å². The maximum Gasteiger partial charge on any atom is 0.306 e. The van der Waals surface area contributed by atoms with Crippen molar-refractivity contribution in [2.75, 3.05) is 6.61 Å². The molecule has 0 aromatic rings. The maximum atomic E-state index is 13.2. The molecular formula is C57H103NO5. The third kappa shape index (κ3) is 45.9. The number of hydrogen-bond acceptors (Lipinski definition) is 5. The number of nitrogens with one attached hydrogen (secondary N) is 1. The van der Waals surface area contributed by atoms with Gasteiger partial charge in [0.05, 0.1) is 25.2 Å². The van der Waals surface area contributed by atoms with Gasteiger partial charge in [0, 0.05) is 6.42 Å². The van der Waals surface area contributed by atoms with Gasteiger partial charge < -0.3 is 20.3 Å². The molecule has 0 heterocycles. The summed E-state index contributed by atoms with van der Waals surface area (Å²) in [6.45, 7) is 6.35. The Morgan fingerprint density at radius 2 is 0.825 bits per heavy atom. The molecule has 0 saturated carbocycles. The van der Waals surface area contributed by atoms with Gasteiger partial charge in [-0.25, -0.2) is 0 Å². The molecule has 0 rings (SSSR count). The lowest BCUT2D eigenvalue weighted by Gasteiger charge is -2.23. The van der Waals surface area contributed by atoms with Gasteiger partial charge in [-0.2, -0.15) is 0 Å². The van der Waals surface area contributed by atoms with Gasteiger partial charge in [0.15, 0.2) is 0 Å². The first kappa shape index (κ1) is 60.6. The zero-order valence-electron chi connectivity index (χ0n) is 41.7. The Bertz CT molecular complexity index is 1130. The van der Waals surface area contributed by atoms with E-state index in [-0.39, 0.29) is 24.9 Å². The normalized spacial score (nSPS) is 13.7. The second-order valence-corrected chi connectivity index (χ2v) is 18.3. The van der Waals surface area contributed by atoms with Crippen molar-refractivity contribution in [1.29, 1.82) is 0 Å². The van der Waals surface area contributed by atoms with E-state index in [1.54, 1.807) is 0 Å². The van der Waals surface area contributed by atoms with Crippen LogP contribution >= 0.6 is 0 Å². The summed E-state index contributed by atoms with van der Waals surface area (Å²) >= 11 is 0. The SMILES string of the molecule is CC/C=C/C/C=C/C/C=C/C/C=C/C/C=C/C(CC(=O)NC(CO)C(O)CCCCCCCCCCCCCCC)OC(=O)CCCCCCCCCCCCCCCCCCC. The monoisotopic (exact) mass is 882 g/mol. The van der Waals surface area contributed by atoms with Crippen molar-refractivity contribution in [3.63, 3.8) is 0 Å². The minimum Gasteiger partial charge on any atom is -0.458 e. The lowest BCUT2D eigenvalue weighted by Crippen LogP contribution is -2.46. The van der Waals surface area contributed by atoms with Crippen molar-refractivity contribution in [3.05, 3.63) is 60.8 Å². The molecule has 0 aliphatic heterocycles. The van der Waals surface area contributed by atoms with Gasteiger partial charge in [0.2, 0.25) is 5.91 Å². The van der Waals surface area contributed by atoms with Crippen molar-refractivity contribution >= 4 is 11.9 Å². The highest BCUT2D eigenvalue weighted by molar-refractivity contribution is 5.78. The molecule has 6 heteroatoms. The zero-order valence-corrected chi connectivity index (χ0v) is 41.7. The zero-order chi connectivity index (χ0) is 45.9. The Morgan fingerprint density at radius 1 is 0.476 bits per heavy atom. The fourth-order valence-electron chi connectivity index (χ4n) is 8.04. The molecule has 0 saturated heterocycles. The van der Waals surface area contributed by atoms with Gasteiger partial charge in [-0.15, -0.1) is 0 Å². The van der Waals surface area contributed by atoms with Crippen LogP contribution in [0.2, 0.25) is 0 Å². The van der Waals surface area contributed by atoms with Gasteiger partial charge in [-0.05, 0) is 51.0 Å². The van der Waals surface area contributed by atoms with E-state index in [2.05, 4.69) is 74.7 Å². The summed E-state index contributed by atoms with van der Waals surface area (Å²) in [5.74, 6) is -0.620. The minimum atomic E-state index is -0.818. The van der Waals surface area contributed by atoms with Crippen molar-refractivity contribution in [3.8, 4) is 0 Å². The van der Waals surface area contributed by atoms with Crippen LogP contribution in [0, 0.1) is 0 Å². The Balaban J connectivity index is 4.66. The Morgan fingerprint density at radius 3 is 1.21 bits per heavy atom. The molecule has 0 aromatic carbocycles. The fourth-order valence-corrected chi connectivity index (χ4v) is 8.04. The van der Waals surface area contributed by atoms with E-state index in [0.717, 1.165) is 64.2 Å². The van der Waals surface area contributed by atoms with Crippen LogP contribution in [0.1, 0.15) is 265 Å². The smallest absolute Gasteiger partial charge is 0.306 e. The molecule has 0 fully saturated rings. The standard InChI is InChI=1S/C57H103NO5/c1-4-7-10-13-16-19-22-25-27-28-29-32-35-38-41-44-47-50-57(62)63-53(48-45-42-39-36-33-31-26-23-20-17-14-11-8-5-2)51-56(61)58-54(52-59)55(60)49-46-43-40-37-34-30-24-21-18-15-12-9-6-3/h8,11,17,20,26,31,36,39,45,48,53-55,59-60H,4-7,9-10,12-16,18-19,21-25,27-30,32-35,37-38,40-44,46-47,49-52H2,1-3H3,(H,58,61)/b11-8+,20-17+,31-26+,39-36+,48-45+. The first-order valence-corrected chi connectivity index (χ1v) is 27.0. The number of esters is 1. The first-order chi connectivity index (χ1) is 31.0. The van der Waals surface area contributed by atoms with Gasteiger partial charge in [-0.3, -0.25) is 9.59 Å². The molecule has 0 spiro atoms. The number of ether oxygens (including phenoxy) is 1. The number of unbranched alkanes of at least 4 members (excludes halogenated alkanes) is 28. The van der Waals surface area contributed by atoms with Crippen LogP contribution in [0.4, 0.5) is 0 Å². The second-order valence-electron chi connectivity index (χ2n) is 18.3. The lowest BCUT2D eigenvalue weighted by molar-refractivity contribution is -0.148. The number of carbonyl (C=O) groups excluding carboxylic acids is 2. The Hall–Kier alpha value is -2.44. The summed E-state index contributed by atoms with van der Waals surface area (Å²) in [7, 11) is 0. The quantitative estimate of drug-likeness (QED) is 0.0321. The molecule has 3 unspecified atom stereocenters. The van der Waals surface area contributed by atoms with E-state index in [1.807, 2.05) is 12.2 Å². The van der Waals surface area contributed by atoms with Crippen LogP contribution in [0.5, 0.6) is 0 Å². The molecule has 1 amide bonds. The first-order valence-electron chi connectivity index (χ1n) is 27.0. The highest BCUT2D eigenvalue weighted by Gasteiger charge is 2.23. The van der Waals surface area contributed by atoms with Crippen LogP contribution in [0.3, 0.4) is 0 Å². The maximum absolute atomic E-state index is 13.2. The molecular weight excluding hydrogens is 779 g/mol. The fraction of sp³-hybridized carbons (Fsp3) is 0.789. The lowest BCUT2D eigenvalue weighted by atomic mass is 10.0. The average molecular weight is 882 g/mol. The van der Waals surface area contributed by atoms with Crippen LogP contribution in [-0.2, 0) is 14.3 Å². The average Bonchev–Trinajstić information content (AvgIpc) is 3.28. The number of allylic oxidation sites excluding steroid dienone is 9. The molecule has 0 bridgehead atoms. The molecule has 63 heavy (non-hydrogen) atoms. The number of carbonyl (C=O) groups is 2. The number of amides is 1. The molecule has 0 aliphatic carbocycles. The molecule has 0 aliphatic rings. The summed E-state index contributed by atoms with van der Waals surface area (Å²) in [6.07, 6.45) is 63.2. The van der Waals surface area contributed by atoms with E-state index in [4.69, 9.17) is 4.74 Å². The van der Waals surface area contributed by atoms with Crippen molar-refractivity contribution in [2.24, 2.45) is 0 Å². The van der Waals surface area contributed by atoms with Gasteiger partial charge in [0.25, 0.3) is 0 Å². The predicted molar refractivity (Wildman–Crippen MR) is 273 cm³/mol. The van der Waals surface area contributed by atoms with E-state index >= 15 is 0 Å². The number of aliphatic hydroxyl groups is 2. The Kier molecular flexibility index (Phi) is 48.6. The predicted octanol–water partition coefficient (Wildman–Crippen LogP) is 16.4. The highest BCUT2D eigenvalue weighted by atomic mass is 16.5. The van der Waals surface area contributed by atoms with Crippen LogP contribution in [0.25, 0.3) is 0 Å². The third-order valence-electron chi connectivity index (χ3n) is 12.1. The summed E-state index contributed by atoms with van der Waals surface area (Å²) in [5.41, 5.74) is 0. The van der Waals surface area contributed by atoms with Crippen molar-refractivity contribution < 1.29 is 24.5 Å². The molecule has 366 valence electrons. The number of hydrogen-bond donors (Lipinski definition) is 3. The van der Waals surface area contributed by atoms with Crippen molar-refractivity contribution in [1.82, 2.24) is 5.32 Å². The third-order valence-corrected chi connectivity index (χ3v) is 12.1. The minimum absolute atomic E-state index is 0.0442.